The molecule has 0 amide bonds. The van der Waals surface area contributed by atoms with E-state index >= 15 is 0 Å². The molecule has 9 heavy (non-hydrogen) atoms. The molecule has 7 heteroatoms. The van der Waals surface area contributed by atoms with Gasteiger partial charge in [-0.25, -0.2) is 4.57 Å². The molecule has 0 saturated carbocycles. The van der Waals surface area contributed by atoms with Crippen LogP contribution in [-0.2, 0) is 4.57 Å². The molecule has 0 aromatic rings. The Kier molecular flexibility index (Phi) is 17.1. The van der Waals surface area contributed by atoms with Crippen LogP contribution in [0.4, 0.5) is 0 Å². The van der Waals surface area contributed by atoms with Crippen LogP contribution < -0.4 is 51.4 Å². The van der Waals surface area contributed by atoms with Gasteiger partial charge in [-0.05, 0) is 0 Å². The zero-order valence-corrected chi connectivity index (χ0v) is 9.16. The predicted molar refractivity (Wildman–Crippen MR) is 26.7 cm³/mol. The first-order chi connectivity index (χ1) is 3.41. The van der Waals surface area contributed by atoms with Gasteiger partial charge in [-0.3, -0.25) is 0 Å². The normalized spacial score (nSPS) is 7.44. The summed E-state index contributed by atoms with van der Waals surface area (Å²) < 4.78 is 8.88. The number of hydrogen-bond acceptors (Lipinski definition) is 2. The van der Waals surface area contributed by atoms with Crippen molar-refractivity contribution in [1.82, 2.24) is 0 Å². The fraction of sp³-hybridized carbons (Fsp3) is 0.500. The van der Waals surface area contributed by atoms with Crippen LogP contribution in [-0.4, -0.2) is 14.7 Å². The van der Waals surface area contributed by atoms with Crippen LogP contribution in [0.1, 0.15) is 8.35 Å². The van der Waals surface area contributed by atoms with Crippen molar-refractivity contribution < 1.29 is 72.1 Å². The van der Waals surface area contributed by atoms with E-state index in [-0.39, 0.29) is 52.8 Å². The molecule has 0 aliphatic carbocycles. The molecule has 0 fully saturated rings. The molecule has 0 saturated heterocycles. The second-order valence-corrected chi connectivity index (χ2v) is 1.76. The monoisotopic (exact) mass is 179 g/mol. The summed E-state index contributed by atoms with van der Waals surface area (Å²) in [6.45, 7) is 1.43. The molecule has 0 rings (SSSR count). The number of nitriles is 1. The van der Waals surface area contributed by atoms with E-state index in [4.69, 9.17) is 24.5 Å². The largest absolute Gasteiger partial charge is 1.00 e. The fourth-order valence-electron chi connectivity index (χ4n) is 0. The Bertz CT molecular complexity index is 121. The number of hydrogen-bond donors (Lipinski definition) is 3. The number of nitrogens with zero attached hydrogens (tertiary/aromatic N) is 1. The average molecular weight is 179 g/mol. The summed E-state index contributed by atoms with van der Waals surface area (Å²) in [7, 11) is -4.64. The summed E-state index contributed by atoms with van der Waals surface area (Å²) in [4.78, 5) is 21.6. The molecular formula is C2H7KNO4P. The molecule has 0 aliphatic heterocycles. The van der Waals surface area contributed by atoms with Gasteiger partial charge in [0.15, 0.2) is 0 Å². The van der Waals surface area contributed by atoms with Crippen molar-refractivity contribution in [3.05, 3.63) is 0 Å². The summed E-state index contributed by atoms with van der Waals surface area (Å²) in [5, 5.41) is 7.32. The van der Waals surface area contributed by atoms with Gasteiger partial charge in [0.1, 0.15) is 0 Å². The molecular weight excluding hydrogens is 172 g/mol. The molecule has 0 bridgehead atoms. The van der Waals surface area contributed by atoms with Gasteiger partial charge in [0.25, 0.3) is 0 Å². The van der Waals surface area contributed by atoms with Crippen LogP contribution in [0, 0.1) is 11.3 Å². The van der Waals surface area contributed by atoms with E-state index in [1.165, 1.54) is 6.92 Å². The van der Waals surface area contributed by atoms with Crippen LogP contribution in [0.2, 0.25) is 0 Å². The molecule has 0 aromatic carbocycles. The van der Waals surface area contributed by atoms with E-state index < -0.39 is 7.82 Å². The molecule has 3 N–H and O–H groups in total. The molecule has 0 atom stereocenters. The molecule has 5 nitrogen and oxygen atoms in total. The third kappa shape index (κ3) is 316. The predicted octanol–water partition coefficient (Wildman–Crippen LogP) is -3.28. The Morgan fingerprint density at radius 2 is 1.56 bits per heavy atom. The molecule has 0 aliphatic rings. The van der Waals surface area contributed by atoms with Crippen molar-refractivity contribution in [2.75, 3.05) is 0 Å². The maximum Gasteiger partial charge on any atom is 1.00 e. The first-order valence-corrected chi connectivity index (χ1v) is 3.07. The Morgan fingerprint density at radius 1 is 1.56 bits per heavy atom. The zero-order chi connectivity index (χ0) is 7.21. The molecule has 0 unspecified atom stereocenters. The minimum Gasteiger partial charge on any atom is -1.00 e. The minimum atomic E-state index is -4.64. The van der Waals surface area contributed by atoms with Gasteiger partial charge in [0.2, 0.25) is 0 Å². The molecule has 50 valence electrons. The van der Waals surface area contributed by atoms with Gasteiger partial charge in [-0.1, -0.05) is 0 Å². The van der Waals surface area contributed by atoms with Crippen LogP contribution in [0.15, 0.2) is 0 Å². The standard InChI is InChI=1S/C2H3N.K.H3O4P.H/c1-2-3;;1-5(2,3)4;/h1H3;;(H3,1,2,3,4);/q;+1;;-1. The first kappa shape index (κ1) is 16.7. The number of phosphoric acid groups is 1. The van der Waals surface area contributed by atoms with Crippen LogP contribution in [0.3, 0.4) is 0 Å². The van der Waals surface area contributed by atoms with Crippen molar-refractivity contribution in [1.29, 1.82) is 5.26 Å². The van der Waals surface area contributed by atoms with E-state index in [1.807, 2.05) is 0 Å². The van der Waals surface area contributed by atoms with Crippen molar-refractivity contribution >= 4 is 7.82 Å². The summed E-state index contributed by atoms with van der Waals surface area (Å²) in [6.07, 6.45) is 0. The maximum absolute atomic E-state index is 8.88. The van der Waals surface area contributed by atoms with Crippen molar-refractivity contribution in [2.45, 2.75) is 6.92 Å². The second-order valence-electron chi connectivity index (χ2n) is 0.737. The molecule has 0 radical (unpaired) electrons. The third-order valence-electron chi connectivity index (χ3n) is 0. The Labute approximate surface area is 96.8 Å². The van der Waals surface area contributed by atoms with Crippen molar-refractivity contribution in [2.24, 2.45) is 0 Å². The quantitative estimate of drug-likeness (QED) is 0.267. The van der Waals surface area contributed by atoms with Crippen LogP contribution in [0.25, 0.3) is 0 Å². The zero-order valence-electron chi connectivity index (χ0n) is 6.14. The van der Waals surface area contributed by atoms with Gasteiger partial charge in [-0.2, -0.15) is 5.26 Å². The van der Waals surface area contributed by atoms with E-state index in [9.17, 15) is 0 Å². The SMILES string of the molecule is CC#N.O=P(O)(O)O.[H-].[K+]. The topological polar surface area (TPSA) is 102 Å². The van der Waals surface area contributed by atoms with E-state index in [0.717, 1.165) is 0 Å². The van der Waals surface area contributed by atoms with Gasteiger partial charge in [-0.15, -0.1) is 0 Å². The first-order valence-electron chi connectivity index (χ1n) is 1.51. The summed E-state index contributed by atoms with van der Waals surface area (Å²) in [6, 6.07) is 1.75. The maximum atomic E-state index is 8.88. The van der Waals surface area contributed by atoms with Gasteiger partial charge < -0.3 is 16.1 Å². The molecule has 0 spiro atoms. The molecule has 0 heterocycles. The fourth-order valence-corrected chi connectivity index (χ4v) is 0. The minimum absolute atomic E-state index is 0. The van der Waals surface area contributed by atoms with Crippen LogP contribution in [0.5, 0.6) is 0 Å². The average Bonchev–Trinajstić information content (AvgIpc) is 1.27. The van der Waals surface area contributed by atoms with Gasteiger partial charge in [0, 0.05) is 6.92 Å². The summed E-state index contributed by atoms with van der Waals surface area (Å²) >= 11 is 0. The summed E-state index contributed by atoms with van der Waals surface area (Å²) in [5.41, 5.74) is 0. The van der Waals surface area contributed by atoms with E-state index in [2.05, 4.69) is 0 Å². The summed E-state index contributed by atoms with van der Waals surface area (Å²) in [5.74, 6) is 0. The van der Waals surface area contributed by atoms with Crippen molar-refractivity contribution in [3.8, 4) is 6.07 Å². The molecule has 0 aromatic heterocycles. The van der Waals surface area contributed by atoms with Gasteiger partial charge in [0.05, 0.1) is 6.07 Å². The van der Waals surface area contributed by atoms with E-state index in [1.54, 1.807) is 6.07 Å². The van der Waals surface area contributed by atoms with E-state index in [0.29, 0.717) is 0 Å². The Balaban J connectivity index is -0.0000000326. The van der Waals surface area contributed by atoms with Crippen molar-refractivity contribution in [3.63, 3.8) is 0 Å². The van der Waals surface area contributed by atoms with Gasteiger partial charge >= 0.3 is 59.2 Å². The van der Waals surface area contributed by atoms with Crippen LogP contribution >= 0.6 is 7.82 Å². The second kappa shape index (κ2) is 9.24. The Hall–Kier alpha value is 1.24. The number of rotatable bonds is 0. The third-order valence-corrected chi connectivity index (χ3v) is 0. The Morgan fingerprint density at radius 3 is 1.56 bits per heavy atom. The smallest absolute Gasteiger partial charge is 1.00 e.